The third kappa shape index (κ3) is 4.96. The minimum Gasteiger partial charge on any atom is -0.489 e. The molecule has 1 aromatic heterocycles. The van der Waals surface area contributed by atoms with Crippen LogP contribution >= 0.6 is 23.2 Å². The maximum Gasteiger partial charge on any atom is 0.124 e. The van der Waals surface area contributed by atoms with Crippen molar-refractivity contribution in [3.05, 3.63) is 99.4 Å². The van der Waals surface area contributed by atoms with E-state index in [1.54, 1.807) is 12.1 Å². The first-order chi connectivity index (χ1) is 14.6. The molecule has 0 saturated carbocycles. The van der Waals surface area contributed by atoms with Gasteiger partial charge in [0.25, 0.3) is 0 Å². The molecule has 0 aliphatic heterocycles. The van der Waals surface area contributed by atoms with Crippen molar-refractivity contribution in [1.82, 2.24) is 10.3 Å². The summed E-state index contributed by atoms with van der Waals surface area (Å²) in [4.78, 5) is 3.30. The van der Waals surface area contributed by atoms with Crippen LogP contribution in [0.25, 0.3) is 10.9 Å². The van der Waals surface area contributed by atoms with E-state index in [1.165, 1.54) is 23.1 Å². The normalized spacial score (nSPS) is 11.2. The Hall–Kier alpha value is -2.53. The number of benzene rings is 3. The Morgan fingerprint density at radius 1 is 0.933 bits per heavy atom. The molecule has 1 heterocycles. The second kappa shape index (κ2) is 9.52. The highest BCUT2D eigenvalue weighted by Crippen LogP contribution is 2.26. The summed E-state index contributed by atoms with van der Waals surface area (Å²) in [5.74, 6) is 0.356. The average molecular weight is 443 g/mol. The number of para-hydroxylation sites is 1. The van der Waals surface area contributed by atoms with Crippen molar-refractivity contribution in [3.63, 3.8) is 0 Å². The zero-order chi connectivity index (χ0) is 20.9. The van der Waals surface area contributed by atoms with Gasteiger partial charge in [0.2, 0.25) is 0 Å². The number of nitrogens with one attached hydrogen (secondary N) is 2. The van der Waals surface area contributed by atoms with E-state index in [4.69, 9.17) is 27.9 Å². The van der Waals surface area contributed by atoms with Gasteiger partial charge in [-0.3, -0.25) is 0 Å². The minimum absolute atomic E-state index is 0.253. The van der Waals surface area contributed by atoms with Gasteiger partial charge in [-0.1, -0.05) is 47.5 Å². The molecular weight excluding hydrogens is 422 g/mol. The third-order valence-corrected chi connectivity index (χ3v) is 5.57. The molecule has 4 rings (SSSR count). The topological polar surface area (TPSA) is 37.0 Å². The van der Waals surface area contributed by atoms with Crippen LogP contribution < -0.4 is 10.1 Å². The van der Waals surface area contributed by atoms with Gasteiger partial charge in [-0.25, -0.2) is 4.39 Å². The maximum atomic E-state index is 13.2. The van der Waals surface area contributed by atoms with Crippen molar-refractivity contribution in [1.29, 1.82) is 0 Å². The Morgan fingerprint density at radius 3 is 2.67 bits per heavy atom. The van der Waals surface area contributed by atoms with Gasteiger partial charge in [0.05, 0.1) is 5.02 Å². The van der Waals surface area contributed by atoms with Crippen LogP contribution in [0.4, 0.5) is 4.39 Å². The first-order valence-corrected chi connectivity index (χ1v) is 10.5. The number of ether oxygens (including phenoxy) is 1. The smallest absolute Gasteiger partial charge is 0.124 e. The fourth-order valence-corrected chi connectivity index (χ4v) is 3.82. The fraction of sp³-hybridized carbons (Fsp3) is 0.167. The third-order valence-electron chi connectivity index (χ3n) is 4.98. The summed E-state index contributed by atoms with van der Waals surface area (Å²) in [5.41, 5.74) is 4.12. The highest BCUT2D eigenvalue weighted by atomic mass is 35.5. The molecule has 0 unspecified atom stereocenters. The molecule has 6 heteroatoms. The Morgan fingerprint density at radius 2 is 1.80 bits per heavy atom. The van der Waals surface area contributed by atoms with E-state index in [0.717, 1.165) is 35.4 Å². The number of halogens is 3. The molecule has 0 radical (unpaired) electrons. The lowest BCUT2D eigenvalue weighted by Crippen LogP contribution is -2.17. The Kier molecular flexibility index (Phi) is 6.58. The highest BCUT2D eigenvalue weighted by molar-refractivity contribution is 6.31. The van der Waals surface area contributed by atoms with Gasteiger partial charge in [-0.2, -0.15) is 0 Å². The zero-order valence-electron chi connectivity index (χ0n) is 16.2. The predicted octanol–water partition coefficient (Wildman–Crippen LogP) is 6.53. The number of hydrogen-bond donors (Lipinski definition) is 2. The molecule has 0 amide bonds. The van der Waals surface area contributed by atoms with E-state index < -0.39 is 0 Å². The van der Waals surface area contributed by atoms with E-state index in [1.807, 2.05) is 18.2 Å². The van der Waals surface area contributed by atoms with Crippen LogP contribution in [0.3, 0.4) is 0 Å². The second-order valence-electron chi connectivity index (χ2n) is 7.06. The van der Waals surface area contributed by atoms with Crippen LogP contribution in [0.1, 0.15) is 16.7 Å². The predicted molar refractivity (Wildman–Crippen MR) is 121 cm³/mol. The van der Waals surface area contributed by atoms with E-state index in [-0.39, 0.29) is 12.4 Å². The monoisotopic (exact) mass is 442 g/mol. The van der Waals surface area contributed by atoms with Crippen LogP contribution in [-0.2, 0) is 19.6 Å². The number of rotatable bonds is 8. The van der Waals surface area contributed by atoms with Crippen molar-refractivity contribution in [2.75, 3.05) is 6.54 Å². The lowest BCUT2D eigenvalue weighted by molar-refractivity contribution is 0.302. The van der Waals surface area contributed by atoms with Gasteiger partial charge < -0.3 is 15.0 Å². The van der Waals surface area contributed by atoms with Gasteiger partial charge in [0, 0.05) is 39.8 Å². The summed E-state index contributed by atoms with van der Waals surface area (Å²) in [6.07, 6.45) is 2.97. The van der Waals surface area contributed by atoms with E-state index in [9.17, 15) is 4.39 Å². The van der Waals surface area contributed by atoms with Gasteiger partial charge in [-0.05, 0) is 54.9 Å². The number of aromatic amines is 1. The summed E-state index contributed by atoms with van der Waals surface area (Å²) in [5, 5.41) is 5.71. The molecule has 3 nitrogen and oxygen atoms in total. The molecule has 0 aliphatic carbocycles. The van der Waals surface area contributed by atoms with Crippen molar-refractivity contribution >= 4 is 34.1 Å². The van der Waals surface area contributed by atoms with Crippen molar-refractivity contribution in [2.45, 2.75) is 19.6 Å². The molecule has 0 saturated heterocycles. The molecule has 0 spiro atoms. The molecule has 0 aliphatic rings. The molecule has 0 bridgehead atoms. The Labute approximate surface area is 184 Å². The largest absolute Gasteiger partial charge is 0.489 e. The quantitative estimate of drug-likeness (QED) is 0.304. The second-order valence-corrected chi connectivity index (χ2v) is 7.91. The lowest BCUT2D eigenvalue weighted by Gasteiger charge is -2.13. The minimum atomic E-state index is -0.365. The molecule has 0 atom stereocenters. The lowest BCUT2D eigenvalue weighted by atomic mass is 10.1. The van der Waals surface area contributed by atoms with Crippen LogP contribution in [0.2, 0.25) is 10.0 Å². The van der Waals surface area contributed by atoms with Gasteiger partial charge in [0.15, 0.2) is 0 Å². The molecule has 30 heavy (non-hydrogen) atoms. The number of aromatic nitrogens is 1. The number of H-pyrrole nitrogens is 1. The van der Waals surface area contributed by atoms with Gasteiger partial charge in [0.1, 0.15) is 18.2 Å². The van der Waals surface area contributed by atoms with Crippen LogP contribution in [0, 0.1) is 5.82 Å². The van der Waals surface area contributed by atoms with Crippen molar-refractivity contribution < 1.29 is 9.13 Å². The van der Waals surface area contributed by atoms with Gasteiger partial charge in [-0.15, -0.1) is 0 Å². The van der Waals surface area contributed by atoms with E-state index in [2.05, 4.69) is 34.7 Å². The number of fused-ring (bicyclic) bond motifs is 1. The van der Waals surface area contributed by atoms with Gasteiger partial charge >= 0.3 is 0 Å². The summed E-state index contributed by atoms with van der Waals surface area (Å²) in [6.45, 7) is 1.69. The Bertz CT molecular complexity index is 1160. The van der Waals surface area contributed by atoms with Crippen molar-refractivity contribution in [2.24, 2.45) is 0 Å². The molecule has 2 N–H and O–H groups in total. The SMILES string of the molecule is Fc1ccc(COc2ccc(Cl)cc2CNCCc2c[nH]c3ccccc23)c(Cl)c1. The molecular formula is C24H21Cl2FN2O. The first-order valence-electron chi connectivity index (χ1n) is 9.71. The summed E-state index contributed by atoms with van der Waals surface area (Å²) in [7, 11) is 0. The summed E-state index contributed by atoms with van der Waals surface area (Å²) in [6, 6.07) is 18.1. The molecule has 4 aromatic rings. The molecule has 0 fully saturated rings. The van der Waals surface area contributed by atoms with Crippen LogP contribution in [0.5, 0.6) is 5.75 Å². The Balaban J connectivity index is 1.37. The van der Waals surface area contributed by atoms with Crippen molar-refractivity contribution in [3.8, 4) is 5.75 Å². The van der Waals surface area contributed by atoms with E-state index >= 15 is 0 Å². The van der Waals surface area contributed by atoms with Crippen LogP contribution in [0.15, 0.2) is 66.9 Å². The number of hydrogen-bond acceptors (Lipinski definition) is 2. The highest BCUT2D eigenvalue weighted by Gasteiger charge is 2.08. The van der Waals surface area contributed by atoms with Crippen LogP contribution in [-0.4, -0.2) is 11.5 Å². The van der Waals surface area contributed by atoms with E-state index in [0.29, 0.717) is 16.6 Å². The standard InChI is InChI=1S/C24H21Cl2FN2O/c25-19-6-8-24(30-15-17-5-7-20(27)12-22(17)26)18(11-19)13-28-10-9-16-14-29-23-4-2-1-3-21(16)23/h1-8,11-12,14,28-29H,9-10,13,15H2. The molecule has 3 aromatic carbocycles. The summed E-state index contributed by atoms with van der Waals surface area (Å²) < 4.78 is 19.2. The average Bonchev–Trinajstić information content (AvgIpc) is 3.15. The fourth-order valence-electron chi connectivity index (χ4n) is 3.41. The maximum absolute atomic E-state index is 13.2. The zero-order valence-corrected chi connectivity index (χ0v) is 17.7. The molecule has 154 valence electrons. The summed E-state index contributed by atoms with van der Waals surface area (Å²) >= 11 is 12.3. The first kappa shape index (κ1) is 20.7.